The molecule has 0 heterocycles. The van der Waals surface area contributed by atoms with Gasteiger partial charge in [0.1, 0.15) is 0 Å². The van der Waals surface area contributed by atoms with Crippen molar-refractivity contribution in [3.05, 3.63) is 38.3 Å². The van der Waals surface area contributed by atoms with Gasteiger partial charge in [-0.15, -0.1) is 11.6 Å². The van der Waals surface area contributed by atoms with Gasteiger partial charge in [-0.1, -0.05) is 22.0 Å². The number of nitro groups is 1. The number of hydrogen-bond donors (Lipinski definition) is 0. The predicted octanol–water partition coefficient (Wildman–Crippen LogP) is 3.54. The second kappa shape index (κ2) is 6.93. The quantitative estimate of drug-likeness (QED) is 0.457. The highest BCUT2D eigenvalue weighted by Crippen LogP contribution is 2.25. The van der Waals surface area contributed by atoms with E-state index in [0.717, 1.165) is 0 Å². The van der Waals surface area contributed by atoms with E-state index in [1.54, 1.807) is 19.2 Å². The average Bonchev–Trinajstić information content (AvgIpc) is 2.27. The Kier molecular flexibility index (Phi) is 5.88. The fourth-order valence-electron chi connectivity index (χ4n) is 1.49. The van der Waals surface area contributed by atoms with Crippen LogP contribution in [0.5, 0.6) is 0 Å². The van der Waals surface area contributed by atoms with Gasteiger partial charge in [-0.2, -0.15) is 0 Å². The van der Waals surface area contributed by atoms with E-state index < -0.39 is 0 Å². The molecule has 0 fully saturated rings. The van der Waals surface area contributed by atoms with Gasteiger partial charge in [0.15, 0.2) is 0 Å². The standard InChI is InChI=1S/C11H13BrClNO3/c1-17-7-10(13)5-3-8-2-4-9(12)6-11(8)14(15)16/h2,4,6,10H,3,5,7H2,1H3. The minimum atomic E-state index is -0.375. The van der Waals surface area contributed by atoms with Crippen LogP contribution in [0.4, 0.5) is 5.69 Å². The first kappa shape index (κ1) is 14.4. The molecule has 1 atom stereocenters. The minimum Gasteiger partial charge on any atom is -0.383 e. The topological polar surface area (TPSA) is 52.4 Å². The summed E-state index contributed by atoms with van der Waals surface area (Å²) in [4.78, 5) is 10.5. The smallest absolute Gasteiger partial charge is 0.273 e. The van der Waals surface area contributed by atoms with Crippen molar-refractivity contribution in [3.63, 3.8) is 0 Å². The summed E-state index contributed by atoms with van der Waals surface area (Å²) < 4.78 is 5.62. The molecule has 0 aliphatic rings. The minimum absolute atomic E-state index is 0.122. The molecular formula is C11H13BrClNO3. The number of ether oxygens (including phenoxy) is 1. The van der Waals surface area contributed by atoms with Crippen LogP contribution in [0.15, 0.2) is 22.7 Å². The maximum absolute atomic E-state index is 10.9. The number of rotatable bonds is 6. The number of aryl methyl sites for hydroxylation is 1. The second-order valence-corrected chi connectivity index (χ2v) is 5.15. The van der Waals surface area contributed by atoms with Gasteiger partial charge in [0.2, 0.25) is 0 Å². The zero-order chi connectivity index (χ0) is 12.8. The molecule has 0 spiro atoms. The highest BCUT2D eigenvalue weighted by molar-refractivity contribution is 9.10. The van der Waals surface area contributed by atoms with Crippen LogP contribution in [0.2, 0.25) is 0 Å². The number of hydrogen-bond acceptors (Lipinski definition) is 3. The van der Waals surface area contributed by atoms with Crippen molar-refractivity contribution in [1.82, 2.24) is 0 Å². The Labute approximate surface area is 113 Å². The molecule has 0 saturated carbocycles. The van der Waals surface area contributed by atoms with E-state index in [1.807, 2.05) is 0 Å². The summed E-state index contributed by atoms with van der Waals surface area (Å²) in [6.07, 6.45) is 1.22. The second-order valence-electron chi connectivity index (χ2n) is 3.62. The lowest BCUT2D eigenvalue weighted by atomic mass is 10.1. The third kappa shape index (κ3) is 4.61. The molecule has 1 aromatic carbocycles. The zero-order valence-electron chi connectivity index (χ0n) is 9.36. The van der Waals surface area contributed by atoms with Crippen molar-refractivity contribution >= 4 is 33.2 Å². The molecule has 0 aromatic heterocycles. The molecule has 1 aromatic rings. The summed E-state index contributed by atoms with van der Waals surface area (Å²) in [6.45, 7) is 0.450. The molecule has 94 valence electrons. The summed E-state index contributed by atoms with van der Waals surface area (Å²) >= 11 is 9.21. The van der Waals surface area contributed by atoms with Gasteiger partial charge in [-0.05, 0) is 18.9 Å². The zero-order valence-corrected chi connectivity index (χ0v) is 11.7. The number of halogens is 2. The van der Waals surface area contributed by atoms with Crippen molar-refractivity contribution < 1.29 is 9.66 Å². The van der Waals surface area contributed by atoms with Gasteiger partial charge < -0.3 is 4.74 Å². The Bertz CT molecular complexity index is 400. The van der Waals surface area contributed by atoms with Crippen LogP contribution in [0, 0.1) is 10.1 Å². The van der Waals surface area contributed by atoms with Crippen LogP contribution in [-0.2, 0) is 11.2 Å². The SMILES string of the molecule is COCC(Cl)CCc1ccc(Br)cc1[N+](=O)[O-]. The molecule has 0 amide bonds. The largest absolute Gasteiger partial charge is 0.383 e. The van der Waals surface area contributed by atoms with Crippen LogP contribution >= 0.6 is 27.5 Å². The number of alkyl halides is 1. The lowest BCUT2D eigenvalue weighted by molar-refractivity contribution is -0.385. The molecule has 0 aliphatic heterocycles. The van der Waals surface area contributed by atoms with E-state index in [-0.39, 0.29) is 16.0 Å². The summed E-state index contributed by atoms with van der Waals surface area (Å²) in [5.74, 6) is 0. The summed E-state index contributed by atoms with van der Waals surface area (Å²) in [5.41, 5.74) is 0.820. The van der Waals surface area contributed by atoms with E-state index in [0.29, 0.717) is 29.5 Å². The molecule has 0 aliphatic carbocycles. The highest BCUT2D eigenvalue weighted by Gasteiger charge is 2.15. The Hall–Kier alpha value is -0.650. The normalized spacial score (nSPS) is 12.4. The molecule has 4 nitrogen and oxygen atoms in total. The van der Waals surface area contributed by atoms with Gasteiger partial charge in [-0.25, -0.2) is 0 Å². The first-order valence-corrected chi connectivity index (χ1v) is 6.33. The molecule has 1 rings (SSSR count). The monoisotopic (exact) mass is 321 g/mol. The van der Waals surface area contributed by atoms with E-state index in [9.17, 15) is 10.1 Å². The summed E-state index contributed by atoms with van der Waals surface area (Å²) in [7, 11) is 1.58. The van der Waals surface area contributed by atoms with Gasteiger partial charge in [0.05, 0.1) is 16.9 Å². The fraction of sp³-hybridized carbons (Fsp3) is 0.455. The molecule has 17 heavy (non-hydrogen) atoms. The van der Waals surface area contributed by atoms with E-state index in [4.69, 9.17) is 16.3 Å². The molecule has 0 bridgehead atoms. The molecular weight excluding hydrogens is 309 g/mol. The van der Waals surface area contributed by atoms with Crippen molar-refractivity contribution in [3.8, 4) is 0 Å². The lowest BCUT2D eigenvalue weighted by Crippen LogP contribution is -2.09. The van der Waals surface area contributed by atoms with Gasteiger partial charge in [0, 0.05) is 23.2 Å². The number of nitrogens with zero attached hydrogens (tertiary/aromatic N) is 1. The molecule has 0 N–H and O–H groups in total. The van der Waals surface area contributed by atoms with Crippen LogP contribution in [-0.4, -0.2) is 24.0 Å². The molecule has 1 unspecified atom stereocenters. The van der Waals surface area contributed by atoms with Crippen LogP contribution in [0.25, 0.3) is 0 Å². The van der Waals surface area contributed by atoms with Crippen molar-refractivity contribution in [2.75, 3.05) is 13.7 Å². The van der Waals surface area contributed by atoms with Gasteiger partial charge in [0.25, 0.3) is 5.69 Å². The Balaban J connectivity index is 2.73. The van der Waals surface area contributed by atoms with Gasteiger partial charge >= 0.3 is 0 Å². The first-order valence-electron chi connectivity index (χ1n) is 5.10. The Morgan fingerprint density at radius 2 is 2.29 bits per heavy atom. The Morgan fingerprint density at radius 3 is 2.88 bits per heavy atom. The van der Waals surface area contributed by atoms with Crippen molar-refractivity contribution in [1.29, 1.82) is 0 Å². The van der Waals surface area contributed by atoms with E-state index in [2.05, 4.69) is 15.9 Å². The highest BCUT2D eigenvalue weighted by atomic mass is 79.9. The van der Waals surface area contributed by atoms with E-state index >= 15 is 0 Å². The van der Waals surface area contributed by atoms with Crippen LogP contribution < -0.4 is 0 Å². The maximum atomic E-state index is 10.9. The summed E-state index contributed by atoms with van der Waals surface area (Å²) in [5, 5.41) is 10.7. The van der Waals surface area contributed by atoms with Crippen LogP contribution in [0.1, 0.15) is 12.0 Å². The van der Waals surface area contributed by atoms with Crippen LogP contribution in [0.3, 0.4) is 0 Å². The maximum Gasteiger partial charge on any atom is 0.273 e. The van der Waals surface area contributed by atoms with Crippen molar-refractivity contribution in [2.45, 2.75) is 18.2 Å². The van der Waals surface area contributed by atoms with E-state index in [1.165, 1.54) is 6.07 Å². The number of methoxy groups -OCH3 is 1. The van der Waals surface area contributed by atoms with Gasteiger partial charge in [-0.3, -0.25) is 10.1 Å². The summed E-state index contributed by atoms with van der Waals surface area (Å²) in [6, 6.07) is 5.05. The number of nitro benzene ring substituents is 1. The third-order valence-electron chi connectivity index (χ3n) is 2.32. The molecule has 0 radical (unpaired) electrons. The fourth-order valence-corrected chi connectivity index (χ4v) is 2.08. The third-order valence-corrected chi connectivity index (χ3v) is 3.16. The Morgan fingerprint density at radius 1 is 1.59 bits per heavy atom. The lowest BCUT2D eigenvalue weighted by Gasteiger charge is -2.08. The molecule has 6 heteroatoms. The predicted molar refractivity (Wildman–Crippen MR) is 70.6 cm³/mol. The van der Waals surface area contributed by atoms with Crippen molar-refractivity contribution in [2.24, 2.45) is 0 Å². The first-order chi connectivity index (χ1) is 8.04. The molecule has 0 saturated heterocycles. The average molecular weight is 323 g/mol. The number of benzene rings is 1.